The summed E-state index contributed by atoms with van der Waals surface area (Å²) < 4.78 is 5.36. The van der Waals surface area contributed by atoms with Gasteiger partial charge in [-0.3, -0.25) is 0 Å². The van der Waals surface area contributed by atoms with Gasteiger partial charge in [-0.2, -0.15) is 0 Å². The molecule has 94 valence electrons. The molecule has 0 radical (unpaired) electrons. The number of benzene rings is 1. The van der Waals surface area contributed by atoms with E-state index in [2.05, 4.69) is 10.6 Å². The zero-order valence-electron chi connectivity index (χ0n) is 10.1. The Bertz CT molecular complexity index is 380. The van der Waals surface area contributed by atoms with E-state index < -0.39 is 0 Å². The fourth-order valence-electron chi connectivity index (χ4n) is 1.22. The van der Waals surface area contributed by atoms with E-state index in [4.69, 9.17) is 9.84 Å². The van der Waals surface area contributed by atoms with E-state index in [1.54, 1.807) is 0 Å². The van der Waals surface area contributed by atoms with Crippen LogP contribution in [0.3, 0.4) is 0 Å². The lowest BCUT2D eigenvalue weighted by Crippen LogP contribution is -2.38. The van der Waals surface area contributed by atoms with Crippen molar-refractivity contribution in [2.75, 3.05) is 19.9 Å². The number of ether oxygens (including phenoxy) is 1. The molecule has 5 nitrogen and oxygen atoms in total. The van der Waals surface area contributed by atoms with Crippen molar-refractivity contribution < 1.29 is 14.6 Å². The van der Waals surface area contributed by atoms with Gasteiger partial charge in [-0.15, -0.1) is 0 Å². The molecule has 0 atom stereocenters. The lowest BCUT2D eigenvalue weighted by Gasteiger charge is -2.10. The molecule has 0 aliphatic rings. The molecule has 0 aliphatic heterocycles. The molecule has 0 aliphatic carbocycles. The highest BCUT2D eigenvalue weighted by molar-refractivity contribution is 5.73. The first kappa shape index (κ1) is 13.3. The van der Waals surface area contributed by atoms with Crippen LogP contribution in [0.1, 0.15) is 11.1 Å². The van der Waals surface area contributed by atoms with Gasteiger partial charge < -0.3 is 20.5 Å². The van der Waals surface area contributed by atoms with Crippen molar-refractivity contribution in [3.63, 3.8) is 0 Å². The van der Waals surface area contributed by atoms with Gasteiger partial charge in [-0.05, 0) is 37.1 Å². The summed E-state index contributed by atoms with van der Waals surface area (Å²) in [5, 5.41) is 13.5. The van der Waals surface area contributed by atoms with Gasteiger partial charge in [0.1, 0.15) is 5.75 Å². The Morgan fingerprint density at radius 1 is 1.29 bits per heavy atom. The van der Waals surface area contributed by atoms with Crippen molar-refractivity contribution in [2.24, 2.45) is 0 Å². The number of hydrogen-bond donors (Lipinski definition) is 3. The maximum atomic E-state index is 11.1. The predicted molar refractivity (Wildman–Crippen MR) is 65.0 cm³/mol. The highest BCUT2D eigenvalue weighted by Gasteiger charge is 1.99. The largest absolute Gasteiger partial charge is 0.473 e. The van der Waals surface area contributed by atoms with Crippen LogP contribution in [0, 0.1) is 13.8 Å². The number of carbonyl (C=O) groups excluding carboxylic acids is 1. The average Bonchev–Trinajstić information content (AvgIpc) is 2.31. The third-order valence-electron chi connectivity index (χ3n) is 2.35. The molecular weight excluding hydrogens is 220 g/mol. The molecule has 0 bridgehead atoms. The van der Waals surface area contributed by atoms with Crippen molar-refractivity contribution in [1.29, 1.82) is 0 Å². The zero-order chi connectivity index (χ0) is 12.7. The van der Waals surface area contributed by atoms with Crippen molar-refractivity contribution >= 4 is 6.03 Å². The molecule has 3 N–H and O–H groups in total. The summed E-state index contributed by atoms with van der Waals surface area (Å²) in [6.45, 7) is 4.28. The number of nitrogens with one attached hydrogen (secondary N) is 2. The number of aliphatic hydroxyl groups is 1. The molecule has 0 spiro atoms. The van der Waals surface area contributed by atoms with E-state index in [-0.39, 0.29) is 25.9 Å². The molecule has 1 aromatic carbocycles. The lowest BCUT2D eigenvalue weighted by molar-refractivity contribution is 0.219. The summed E-state index contributed by atoms with van der Waals surface area (Å²) in [7, 11) is 0. The van der Waals surface area contributed by atoms with Gasteiger partial charge >= 0.3 is 6.03 Å². The molecule has 1 aromatic rings. The molecule has 1 rings (SSSR count). The first-order chi connectivity index (χ1) is 8.13. The normalized spacial score (nSPS) is 9.82. The van der Waals surface area contributed by atoms with Crippen molar-refractivity contribution in [1.82, 2.24) is 10.6 Å². The quantitative estimate of drug-likeness (QED) is 0.668. The van der Waals surface area contributed by atoms with Crippen molar-refractivity contribution in [3.8, 4) is 5.75 Å². The second-order valence-electron chi connectivity index (χ2n) is 3.69. The monoisotopic (exact) mass is 238 g/mol. The molecule has 0 fully saturated rings. The average molecular weight is 238 g/mol. The van der Waals surface area contributed by atoms with Crippen LogP contribution in [-0.2, 0) is 0 Å². The Labute approximate surface area is 101 Å². The van der Waals surface area contributed by atoms with Crippen molar-refractivity contribution in [2.45, 2.75) is 13.8 Å². The number of amides is 2. The lowest BCUT2D eigenvalue weighted by atomic mass is 10.1. The summed E-state index contributed by atoms with van der Waals surface area (Å²) in [4.78, 5) is 11.1. The minimum absolute atomic E-state index is 0.0779. The minimum atomic E-state index is -0.358. The molecule has 0 heterocycles. The number of urea groups is 1. The summed E-state index contributed by atoms with van der Waals surface area (Å²) in [5.74, 6) is 0.718. The summed E-state index contributed by atoms with van der Waals surface area (Å²) in [5.41, 5.74) is 2.35. The zero-order valence-corrected chi connectivity index (χ0v) is 10.1. The smallest absolute Gasteiger partial charge is 0.317 e. The van der Waals surface area contributed by atoms with E-state index in [0.717, 1.165) is 11.3 Å². The van der Waals surface area contributed by atoms with Crippen LogP contribution in [0.2, 0.25) is 0 Å². The van der Waals surface area contributed by atoms with Crippen LogP contribution in [-0.4, -0.2) is 31.0 Å². The fourth-order valence-corrected chi connectivity index (χ4v) is 1.22. The number of aryl methyl sites for hydroxylation is 2. The van der Waals surface area contributed by atoms with E-state index in [1.165, 1.54) is 5.56 Å². The van der Waals surface area contributed by atoms with Gasteiger partial charge in [0.2, 0.25) is 0 Å². The van der Waals surface area contributed by atoms with E-state index in [0.29, 0.717) is 0 Å². The first-order valence-corrected chi connectivity index (χ1v) is 5.46. The van der Waals surface area contributed by atoms with Crippen LogP contribution in [0.25, 0.3) is 0 Å². The van der Waals surface area contributed by atoms with Gasteiger partial charge in [0.05, 0.1) is 6.61 Å². The maximum absolute atomic E-state index is 11.1. The third-order valence-corrected chi connectivity index (χ3v) is 2.35. The second-order valence-corrected chi connectivity index (χ2v) is 3.69. The fraction of sp³-hybridized carbons (Fsp3) is 0.417. The summed E-state index contributed by atoms with van der Waals surface area (Å²) >= 11 is 0. The highest BCUT2D eigenvalue weighted by Crippen LogP contribution is 2.15. The van der Waals surface area contributed by atoms with E-state index in [9.17, 15) is 4.79 Å². The second kappa shape index (κ2) is 6.75. The van der Waals surface area contributed by atoms with Gasteiger partial charge in [-0.1, -0.05) is 6.07 Å². The van der Waals surface area contributed by atoms with Crippen LogP contribution in [0.5, 0.6) is 5.75 Å². The van der Waals surface area contributed by atoms with E-state index >= 15 is 0 Å². The Hall–Kier alpha value is -1.75. The van der Waals surface area contributed by atoms with Crippen LogP contribution >= 0.6 is 0 Å². The number of aliphatic hydroxyl groups excluding tert-OH is 1. The maximum Gasteiger partial charge on any atom is 0.317 e. The molecule has 5 heteroatoms. The van der Waals surface area contributed by atoms with Gasteiger partial charge in [0, 0.05) is 6.54 Å². The predicted octanol–water partition coefficient (Wildman–Crippen LogP) is 0.931. The van der Waals surface area contributed by atoms with Crippen molar-refractivity contribution in [3.05, 3.63) is 29.3 Å². The summed E-state index contributed by atoms with van der Waals surface area (Å²) in [6, 6.07) is 5.39. The highest BCUT2D eigenvalue weighted by atomic mass is 16.5. The Balaban J connectivity index is 2.30. The molecule has 0 aromatic heterocycles. The van der Waals surface area contributed by atoms with E-state index in [1.807, 2.05) is 32.0 Å². The first-order valence-electron chi connectivity index (χ1n) is 5.46. The number of rotatable bonds is 5. The Kier molecular flexibility index (Phi) is 5.29. The summed E-state index contributed by atoms with van der Waals surface area (Å²) in [6.07, 6.45) is 0. The van der Waals surface area contributed by atoms with Gasteiger partial charge in [0.15, 0.2) is 6.73 Å². The number of carbonyl (C=O) groups is 1. The standard InChI is InChI=1S/C12H18N2O3/c1-9-3-4-11(7-10(9)2)17-8-14-12(16)13-5-6-15/h3-4,7,15H,5-6,8H2,1-2H3,(H2,13,14,16). The number of hydrogen-bond acceptors (Lipinski definition) is 3. The molecule has 0 saturated carbocycles. The Morgan fingerprint density at radius 2 is 2.06 bits per heavy atom. The molecule has 2 amide bonds. The van der Waals surface area contributed by atoms with Crippen LogP contribution in [0.4, 0.5) is 4.79 Å². The third kappa shape index (κ3) is 4.74. The van der Waals surface area contributed by atoms with Crippen LogP contribution < -0.4 is 15.4 Å². The molecule has 17 heavy (non-hydrogen) atoms. The van der Waals surface area contributed by atoms with Gasteiger partial charge in [0.25, 0.3) is 0 Å². The van der Waals surface area contributed by atoms with Gasteiger partial charge in [-0.25, -0.2) is 4.79 Å². The molecule has 0 unspecified atom stereocenters. The molecular formula is C12H18N2O3. The van der Waals surface area contributed by atoms with Crippen LogP contribution in [0.15, 0.2) is 18.2 Å². The SMILES string of the molecule is Cc1ccc(OCNC(=O)NCCO)cc1C. The topological polar surface area (TPSA) is 70.6 Å². The minimum Gasteiger partial charge on any atom is -0.473 e. The molecule has 0 saturated heterocycles. The Morgan fingerprint density at radius 3 is 2.71 bits per heavy atom.